The molecule has 2 aromatic rings. The van der Waals surface area contributed by atoms with E-state index in [-0.39, 0.29) is 12.5 Å². The summed E-state index contributed by atoms with van der Waals surface area (Å²) >= 11 is 3.49. The Morgan fingerprint density at radius 3 is 2.64 bits per heavy atom. The van der Waals surface area contributed by atoms with Crippen molar-refractivity contribution in [2.24, 2.45) is 0 Å². The number of ether oxygens (including phenoxy) is 3. The SMILES string of the molecule is CC(C)c1ccc(OCC(=O)Nc2ccc3c(c2)OCCO3)c(Br)c1. The molecule has 3 rings (SSSR count). The van der Waals surface area contributed by atoms with Crippen molar-refractivity contribution in [2.75, 3.05) is 25.1 Å². The summed E-state index contributed by atoms with van der Waals surface area (Å²) in [5.41, 5.74) is 1.85. The van der Waals surface area contributed by atoms with Crippen molar-refractivity contribution in [2.45, 2.75) is 19.8 Å². The average Bonchev–Trinajstić information content (AvgIpc) is 2.60. The maximum Gasteiger partial charge on any atom is 0.262 e. The van der Waals surface area contributed by atoms with E-state index in [1.54, 1.807) is 18.2 Å². The van der Waals surface area contributed by atoms with E-state index in [0.29, 0.717) is 42.1 Å². The first kappa shape index (κ1) is 17.6. The smallest absolute Gasteiger partial charge is 0.262 e. The number of hydrogen-bond acceptors (Lipinski definition) is 4. The number of carbonyl (C=O) groups excluding carboxylic acids is 1. The van der Waals surface area contributed by atoms with Crippen LogP contribution >= 0.6 is 15.9 Å². The van der Waals surface area contributed by atoms with E-state index in [2.05, 4.69) is 35.1 Å². The minimum atomic E-state index is -0.239. The quantitative estimate of drug-likeness (QED) is 0.802. The normalized spacial score (nSPS) is 12.8. The maximum atomic E-state index is 12.1. The molecule has 0 bridgehead atoms. The van der Waals surface area contributed by atoms with Crippen LogP contribution in [-0.4, -0.2) is 25.7 Å². The van der Waals surface area contributed by atoms with Crippen molar-refractivity contribution in [3.8, 4) is 17.2 Å². The zero-order chi connectivity index (χ0) is 17.8. The Balaban J connectivity index is 1.58. The van der Waals surface area contributed by atoms with E-state index < -0.39 is 0 Å². The van der Waals surface area contributed by atoms with Gasteiger partial charge in [-0.15, -0.1) is 0 Å². The highest BCUT2D eigenvalue weighted by Crippen LogP contribution is 2.32. The number of carbonyl (C=O) groups is 1. The van der Waals surface area contributed by atoms with Gasteiger partial charge in [-0.2, -0.15) is 0 Å². The molecule has 0 radical (unpaired) electrons. The van der Waals surface area contributed by atoms with E-state index in [4.69, 9.17) is 14.2 Å². The van der Waals surface area contributed by atoms with Gasteiger partial charge in [0.15, 0.2) is 18.1 Å². The Kier molecular flexibility index (Phi) is 5.48. The third kappa shape index (κ3) is 4.45. The van der Waals surface area contributed by atoms with Crippen LogP contribution in [0.15, 0.2) is 40.9 Å². The third-order valence-electron chi connectivity index (χ3n) is 3.81. The molecule has 1 aliphatic rings. The van der Waals surface area contributed by atoms with Gasteiger partial charge in [-0.25, -0.2) is 0 Å². The number of benzene rings is 2. The molecular weight excluding hydrogens is 386 g/mol. The molecule has 1 amide bonds. The summed E-state index contributed by atoms with van der Waals surface area (Å²) in [6.45, 7) is 5.23. The molecule has 0 spiro atoms. The van der Waals surface area contributed by atoms with Gasteiger partial charge in [0.2, 0.25) is 0 Å². The average molecular weight is 406 g/mol. The van der Waals surface area contributed by atoms with E-state index in [1.807, 2.05) is 18.2 Å². The van der Waals surface area contributed by atoms with Crippen molar-refractivity contribution >= 4 is 27.5 Å². The van der Waals surface area contributed by atoms with Crippen molar-refractivity contribution in [1.29, 1.82) is 0 Å². The Morgan fingerprint density at radius 1 is 1.16 bits per heavy atom. The van der Waals surface area contributed by atoms with Gasteiger partial charge in [0, 0.05) is 11.8 Å². The predicted octanol–water partition coefficient (Wildman–Crippen LogP) is 4.36. The Morgan fingerprint density at radius 2 is 1.92 bits per heavy atom. The van der Waals surface area contributed by atoms with Crippen LogP contribution in [0.1, 0.15) is 25.3 Å². The first-order valence-corrected chi connectivity index (χ1v) is 8.94. The van der Waals surface area contributed by atoms with E-state index >= 15 is 0 Å². The summed E-state index contributed by atoms with van der Waals surface area (Å²) in [5.74, 6) is 2.16. The lowest BCUT2D eigenvalue weighted by Gasteiger charge is -2.19. The summed E-state index contributed by atoms with van der Waals surface area (Å²) in [5, 5.41) is 2.80. The lowest BCUT2D eigenvalue weighted by molar-refractivity contribution is -0.118. The highest BCUT2D eigenvalue weighted by molar-refractivity contribution is 9.10. The number of fused-ring (bicyclic) bond motifs is 1. The fourth-order valence-electron chi connectivity index (χ4n) is 2.45. The summed E-state index contributed by atoms with van der Waals surface area (Å²) in [6.07, 6.45) is 0. The van der Waals surface area contributed by atoms with Crippen LogP contribution in [0.2, 0.25) is 0 Å². The summed E-state index contributed by atoms with van der Waals surface area (Å²) < 4.78 is 17.4. The first-order chi connectivity index (χ1) is 12.0. The number of amides is 1. The minimum Gasteiger partial charge on any atom is -0.486 e. The standard InChI is InChI=1S/C19H20BrNO4/c1-12(2)13-3-5-16(15(20)9-13)25-11-19(22)21-14-4-6-17-18(10-14)24-8-7-23-17/h3-6,9-10,12H,7-8,11H2,1-2H3,(H,21,22). The first-order valence-electron chi connectivity index (χ1n) is 8.14. The molecule has 132 valence electrons. The van der Waals surface area contributed by atoms with Crippen LogP contribution in [-0.2, 0) is 4.79 Å². The van der Waals surface area contributed by atoms with Crippen LogP contribution in [0.5, 0.6) is 17.2 Å². The van der Waals surface area contributed by atoms with Gasteiger partial charge in [0.1, 0.15) is 19.0 Å². The summed E-state index contributed by atoms with van der Waals surface area (Å²) in [6, 6.07) is 11.2. The number of anilines is 1. The van der Waals surface area contributed by atoms with Crippen LogP contribution in [0, 0.1) is 0 Å². The summed E-state index contributed by atoms with van der Waals surface area (Å²) in [7, 11) is 0. The highest BCUT2D eigenvalue weighted by atomic mass is 79.9. The minimum absolute atomic E-state index is 0.0753. The van der Waals surface area contributed by atoms with E-state index in [9.17, 15) is 4.79 Å². The fourth-order valence-corrected chi connectivity index (χ4v) is 2.97. The molecule has 0 aromatic heterocycles. The van der Waals surface area contributed by atoms with Crippen molar-refractivity contribution in [1.82, 2.24) is 0 Å². The maximum absolute atomic E-state index is 12.1. The molecule has 6 heteroatoms. The molecule has 2 aromatic carbocycles. The van der Waals surface area contributed by atoms with Crippen LogP contribution in [0.3, 0.4) is 0 Å². The Bertz CT molecular complexity index is 776. The molecule has 1 aliphatic heterocycles. The van der Waals surface area contributed by atoms with Crippen LogP contribution < -0.4 is 19.5 Å². The molecule has 1 N–H and O–H groups in total. The second-order valence-corrected chi connectivity index (χ2v) is 6.89. The van der Waals surface area contributed by atoms with E-state index in [1.165, 1.54) is 5.56 Å². The van der Waals surface area contributed by atoms with Gasteiger partial charge < -0.3 is 19.5 Å². The molecule has 0 aliphatic carbocycles. The number of nitrogens with one attached hydrogen (secondary N) is 1. The van der Waals surface area contributed by atoms with Crippen molar-refractivity contribution in [3.63, 3.8) is 0 Å². The van der Waals surface area contributed by atoms with Crippen LogP contribution in [0.4, 0.5) is 5.69 Å². The molecule has 0 saturated heterocycles. The van der Waals surface area contributed by atoms with Gasteiger partial charge in [-0.3, -0.25) is 4.79 Å². The Labute approximate surface area is 155 Å². The Hall–Kier alpha value is -2.21. The molecule has 0 fully saturated rings. The molecular formula is C19H20BrNO4. The monoisotopic (exact) mass is 405 g/mol. The fraction of sp³-hybridized carbons (Fsp3) is 0.316. The van der Waals surface area contributed by atoms with Gasteiger partial charge in [-0.1, -0.05) is 19.9 Å². The second kappa shape index (κ2) is 7.78. The van der Waals surface area contributed by atoms with Crippen molar-refractivity contribution in [3.05, 3.63) is 46.4 Å². The number of hydrogen-bond donors (Lipinski definition) is 1. The molecule has 0 unspecified atom stereocenters. The molecule has 25 heavy (non-hydrogen) atoms. The number of rotatable bonds is 5. The largest absolute Gasteiger partial charge is 0.486 e. The topological polar surface area (TPSA) is 56.8 Å². The molecule has 0 saturated carbocycles. The van der Waals surface area contributed by atoms with Crippen LogP contribution in [0.25, 0.3) is 0 Å². The zero-order valence-electron chi connectivity index (χ0n) is 14.2. The summed E-state index contributed by atoms with van der Waals surface area (Å²) in [4.78, 5) is 12.1. The van der Waals surface area contributed by atoms with Crippen molar-refractivity contribution < 1.29 is 19.0 Å². The predicted molar refractivity (Wildman–Crippen MR) is 99.8 cm³/mol. The van der Waals surface area contributed by atoms with Gasteiger partial charge in [0.25, 0.3) is 5.91 Å². The number of halogens is 1. The van der Waals surface area contributed by atoms with Gasteiger partial charge in [-0.05, 0) is 51.7 Å². The van der Waals surface area contributed by atoms with Gasteiger partial charge >= 0.3 is 0 Å². The van der Waals surface area contributed by atoms with E-state index in [0.717, 1.165) is 4.47 Å². The molecule has 5 nitrogen and oxygen atoms in total. The molecule has 1 heterocycles. The molecule has 0 atom stereocenters. The second-order valence-electron chi connectivity index (χ2n) is 6.04. The highest BCUT2D eigenvalue weighted by Gasteiger charge is 2.13. The lowest BCUT2D eigenvalue weighted by atomic mass is 10.0. The zero-order valence-corrected chi connectivity index (χ0v) is 15.8. The third-order valence-corrected chi connectivity index (χ3v) is 4.43. The lowest BCUT2D eigenvalue weighted by Crippen LogP contribution is -2.21. The van der Waals surface area contributed by atoms with Gasteiger partial charge in [0.05, 0.1) is 4.47 Å².